The van der Waals surface area contributed by atoms with Crippen LogP contribution in [0.15, 0.2) is 89.0 Å². The molecule has 0 saturated heterocycles. The highest BCUT2D eigenvalue weighted by atomic mass is 79.9. The van der Waals surface area contributed by atoms with E-state index in [2.05, 4.69) is 26.6 Å². The summed E-state index contributed by atoms with van der Waals surface area (Å²) in [5.41, 5.74) is 1.05. The molecule has 0 aliphatic carbocycles. The van der Waals surface area contributed by atoms with Crippen molar-refractivity contribution in [2.45, 2.75) is 0 Å². The van der Waals surface area contributed by atoms with Crippen LogP contribution < -0.4 is 10.6 Å². The first-order chi connectivity index (χ1) is 13.5. The molecule has 0 fully saturated rings. The Labute approximate surface area is 170 Å². The number of halogens is 2. The summed E-state index contributed by atoms with van der Waals surface area (Å²) in [4.78, 5) is 25.3. The number of nitrogens with one attached hydrogen (secondary N) is 2. The van der Waals surface area contributed by atoms with Crippen molar-refractivity contribution in [3.63, 3.8) is 0 Å². The molecule has 0 saturated carbocycles. The SMILES string of the molecule is O=C(Nc1ccc(Br)cc1)C(=Cc1ccccc1F)NC(=O)c1ccccc1. The van der Waals surface area contributed by atoms with E-state index in [1.165, 1.54) is 18.2 Å². The molecular weight excluding hydrogens is 423 g/mol. The van der Waals surface area contributed by atoms with Crippen molar-refractivity contribution in [1.29, 1.82) is 0 Å². The van der Waals surface area contributed by atoms with Crippen LogP contribution in [-0.4, -0.2) is 11.8 Å². The number of benzene rings is 3. The third-order valence-electron chi connectivity index (χ3n) is 3.84. The topological polar surface area (TPSA) is 58.2 Å². The van der Waals surface area contributed by atoms with Crippen molar-refractivity contribution in [2.75, 3.05) is 5.32 Å². The minimum Gasteiger partial charge on any atom is -0.321 e. The average Bonchev–Trinajstić information content (AvgIpc) is 2.71. The Morgan fingerprint density at radius 2 is 1.50 bits per heavy atom. The third kappa shape index (κ3) is 5.14. The van der Waals surface area contributed by atoms with Gasteiger partial charge in [0.2, 0.25) is 0 Å². The molecule has 2 amide bonds. The molecule has 0 unspecified atom stereocenters. The molecule has 3 aromatic rings. The summed E-state index contributed by atoms with van der Waals surface area (Å²) in [6, 6.07) is 21.5. The van der Waals surface area contributed by atoms with Crippen LogP contribution in [0.4, 0.5) is 10.1 Å². The second kappa shape index (κ2) is 9.10. The zero-order valence-electron chi connectivity index (χ0n) is 14.7. The van der Waals surface area contributed by atoms with Crippen LogP contribution >= 0.6 is 15.9 Å². The van der Waals surface area contributed by atoms with Crippen LogP contribution in [0.25, 0.3) is 6.08 Å². The molecule has 0 aliphatic heterocycles. The molecule has 3 rings (SSSR count). The zero-order chi connectivity index (χ0) is 19.9. The van der Waals surface area contributed by atoms with Crippen LogP contribution in [0.2, 0.25) is 0 Å². The van der Waals surface area contributed by atoms with Gasteiger partial charge in [-0.3, -0.25) is 9.59 Å². The molecule has 2 N–H and O–H groups in total. The molecule has 0 aliphatic rings. The lowest BCUT2D eigenvalue weighted by molar-refractivity contribution is -0.113. The predicted octanol–water partition coefficient (Wildman–Crippen LogP) is 5.00. The molecule has 3 aromatic carbocycles. The number of amides is 2. The van der Waals surface area contributed by atoms with Gasteiger partial charge in [-0.15, -0.1) is 0 Å². The number of rotatable bonds is 5. The number of carbonyl (C=O) groups excluding carboxylic acids is 2. The number of hydrogen-bond donors (Lipinski definition) is 2. The normalized spacial score (nSPS) is 11.0. The van der Waals surface area contributed by atoms with Crippen LogP contribution in [0, 0.1) is 5.82 Å². The fraction of sp³-hybridized carbons (Fsp3) is 0. The summed E-state index contributed by atoms with van der Waals surface area (Å²) < 4.78 is 14.9. The van der Waals surface area contributed by atoms with E-state index in [0.717, 1.165) is 4.47 Å². The Hall–Kier alpha value is -3.25. The van der Waals surface area contributed by atoms with Gasteiger partial charge in [0.1, 0.15) is 11.5 Å². The molecular formula is C22H16BrFN2O2. The Morgan fingerprint density at radius 1 is 0.857 bits per heavy atom. The molecule has 0 spiro atoms. The molecule has 6 heteroatoms. The minimum absolute atomic E-state index is 0.0677. The molecule has 0 bridgehead atoms. The van der Waals surface area contributed by atoms with Crippen LogP contribution in [0.3, 0.4) is 0 Å². The van der Waals surface area contributed by atoms with E-state index in [1.54, 1.807) is 66.7 Å². The van der Waals surface area contributed by atoms with Crippen LogP contribution in [-0.2, 0) is 4.79 Å². The Bertz CT molecular complexity index is 1020. The highest BCUT2D eigenvalue weighted by Crippen LogP contribution is 2.16. The van der Waals surface area contributed by atoms with Gasteiger partial charge >= 0.3 is 0 Å². The summed E-state index contributed by atoms with van der Waals surface area (Å²) in [5, 5.41) is 5.28. The lowest BCUT2D eigenvalue weighted by atomic mass is 10.1. The van der Waals surface area contributed by atoms with Gasteiger partial charge in [0.15, 0.2) is 0 Å². The van der Waals surface area contributed by atoms with Gasteiger partial charge in [-0.25, -0.2) is 4.39 Å². The van der Waals surface area contributed by atoms with E-state index in [-0.39, 0.29) is 11.3 Å². The second-order valence-electron chi connectivity index (χ2n) is 5.86. The van der Waals surface area contributed by atoms with Crippen LogP contribution in [0.5, 0.6) is 0 Å². The van der Waals surface area contributed by atoms with Crippen molar-refractivity contribution < 1.29 is 14.0 Å². The van der Waals surface area contributed by atoms with Crippen molar-refractivity contribution in [3.05, 3.63) is 106 Å². The van der Waals surface area contributed by atoms with Gasteiger partial charge in [0.25, 0.3) is 11.8 Å². The van der Waals surface area contributed by atoms with E-state index in [0.29, 0.717) is 11.3 Å². The van der Waals surface area contributed by atoms with Gasteiger partial charge < -0.3 is 10.6 Å². The molecule has 4 nitrogen and oxygen atoms in total. The van der Waals surface area contributed by atoms with Crippen molar-refractivity contribution in [2.24, 2.45) is 0 Å². The molecule has 0 atom stereocenters. The maximum absolute atomic E-state index is 14.1. The maximum atomic E-state index is 14.1. The number of carbonyl (C=O) groups is 2. The van der Waals surface area contributed by atoms with Gasteiger partial charge in [-0.05, 0) is 48.5 Å². The number of anilines is 1. The van der Waals surface area contributed by atoms with Crippen molar-refractivity contribution >= 4 is 39.5 Å². The average molecular weight is 439 g/mol. The van der Waals surface area contributed by atoms with E-state index < -0.39 is 17.6 Å². The van der Waals surface area contributed by atoms with Gasteiger partial charge in [0.05, 0.1) is 0 Å². The Balaban J connectivity index is 1.89. The molecule has 28 heavy (non-hydrogen) atoms. The first-order valence-electron chi connectivity index (χ1n) is 8.42. The highest BCUT2D eigenvalue weighted by molar-refractivity contribution is 9.10. The minimum atomic E-state index is -0.560. The van der Waals surface area contributed by atoms with E-state index in [1.807, 2.05) is 0 Å². The van der Waals surface area contributed by atoms with Crippen LogP contribution in [0.1, 0.15) is 15.9 Å². The summed E-state index contributed by atoms with van der Waals surface area (Å²) >= 11 is 3.33. The summed E-state index contributed by atoms with van der Waals surface area (Å²) in [6.07, 6.45) is 1.31. The summed E-state index contributed by atoms with van der Waals surface area (Å²) in [5.74, 6) is -1.52. The smallest absolute Gasteiger partial charge is 0.272 e. The largest absolute Gasteiger partial charge is 0.321 e. The Kier molecular flexibility index (Phi) is 6.34. The monoisotopic (exact) mass is 438 g/mol. The molecule has 140 valence electrons. The molecule has 0 heterocycles. The van der Waals surface area contributed by atoms with Gasteiger partial charge in [0, 0.05) is 21.3 Å². The highest BCUT2D eigenvalue weighted by Gasteiger charge is 2.15. The summed E-state index contributed by atoms with van der Waals surface area (Å²) in [7, 11) is 0. The molecule has 0 radical (unpaired) electrons. The Morgan fingerprint density at radius 3 is 2.18 bits per heavy atom. The fourth-order valence-electron chi connectivity index (χ4n) is 2.42. The zero-order valence-corrected chi connectivity index (χ0v) is 16.2. The quantitative estimate of drug-likeness (QED) is 0.550. The fourth-order valence-corrected chi connectivity index (χ4v) is 2.69. The molecule has 0 aromatic heterocycles. The van der Waals surface area contributed by atoms with Gasteiger partial charge in [-0.1, -0.05) is 52.3 Å². The van der Waals surface area contributed by atoms with Crippen molar-refractivity contribution in [3.8, 4) is 0 Å². The number of hydrogen-bond acceptors (Lipinski definition) is 2. The standard InChI is InChI=1S/C22H16BrFN2O2/c23-17-10-12-18(13-11-17)25-22(28)20(14-16-8-4-5-9-19(16)24)26-21(27)15-6-2-1-3-7-15/h1-14H,(H,25,28)(H,26,27). The maximum Gasteiger partial charge on any atom is 0.272 e. The third-order valence-corrected chi connectivity index (χ3v) is 4.36. The first-order valence-corrected chi connectivity index (χ1v) is 9.22. The summed E-state index contributed by atoms with van der Waals surface area (Å²) in [6.45, 7) is 0. The lowest BCUT2D eigenvalue weighted by Crippen LogP contribution is -2.30. The predicted molar refractivity (Wildman–Crippen MR) is 111 cm³/mol. The van der Waals surface area contributed by atoms with Gasteiger partial charge in [-0.2, -0.15) is 0 Å². The van der Waals surface area contributed by atoms with Crippen molar-refractivity contribution in [1.82, 2.24) is 5.32 Å². The lowest BCUT2D eigenvalue weighted by Gasteiger charge is -2.12. The van der Waals surface area contributed by atoms with E-state index >= 15 is 0 Å². The van der Waals surface area contributed by atoms with E-state index in [9.17, 15) is 14.0 Å². The van der Waals surface area contributed by atoms with E-state index in [4.69, 9.17) is 0 Å². The first kappa shape index (κ1) is 19.5. The second-order valence-corrected chi connectivity index (χ2v) is 6.78.